The van der Waals surface area contributed by atoms with Gasteiger partial charge in [0.05, 0.1) is 28.3 Å². The zero-order valence-corrected chi connectivity index (χ0v) is 16.8. The Morgan fingerprint density at radius 3 is 2.53 bits per heavy atom. The number of carbonyl (C=O) groups excluding carboxylic acids is 2. The second kappa shape index (κ2) is 9.25. The van der Waals surface area contributed by atoms with Gasteiger partial charge in [-0.3, -0.25) is 19.7 Å². The summed E-state index contributed by atoms with van der Waals surface area (Å²) < 4.78 is 0. The van der Waals surface area contributed by atoms with Crippen LogP contribution in [0.4, 0.5) is 22.7 Å². The molecule has 1 saturated heterocycles. The molecule has 2 amide bonds. The summed E-state index contributed by atoms with van der Waals surface area (Å²) in [6, 6.07) is 9.89. The van der Waals surface area contributed by atoms with Crippen LogP contribution in [0.1, 0.15) is 35.2 Å². The highest BCUT2D eigenvalue weighted by Gasteiger charge is 2.17. The molecule has 9 nitrogen and oxygen atoms in total. The molecule has 1 aliphatic heterocycles. The van der Waals surface area contributed by atoms with Gasteiger partial charge in [0.2, 0.25) is 5.91 Å². The standard InChI is InChI=1S/C21H25N5O4/c1-14-17(6-5-7-19(14)26(29)30)24-20(27)13-23-18-9-8-15(12-16(18)21(22)28)25-10-3-2-4-11-25/h5-9,12,23H,2-4,10-11,13H2,1H3,(H2,22,28)(H,24,27). The lowest BCUT2D eigenvalue weighted by Crippen LogP contribution is -2.30. The first-order valence-electron chi connectivity index (χ1n) is 9.83. The molecule has 1 heterocycles. The van der Waals surface area contributed by atoms with Gasteiger partial charge in [-0.15, -0.1) is 0 Å². The van der Waals surface area contributed by atoms with Crippen molar-refractivity contribution in [3.05, 3.63) is 57.6 Å². The molecule has 3 rings (SSSR count). The molecule has 9 heteroatoms. The fourth-order valence-electron chi connectivity index (χ4n) is 3.57. The van der Waals surface area contributed by atoms with Crippen LogP contribution in [0.2, 0.25) is 0 Å². The van der Waals surface area contributed by atoms with E-state index in [0.29, 0.717) is 22.5 Å². The molecule has 0 bridgehead atoms. The summed E-state index contributed by atoms with van der Waals surface area (Å²) in [4.78, 5) is 37.1. The number of piperidine rings is 1. The average molecular weight is 411 g/mol. The van der Waals surface area contributed by atoms with Crippen LogP contribution >= 0.6 is 0 Å². The summed E-state index contributed by atoms with van der Waals surface area (Å²) in [7, 11) is 0. The van der Waals surface area contributed by atoms with Gasteiger partial charge < -0.3 is 21.3 Å². The molecular formula is C21H25N5O4. The van der Waals surface area contributed by atoms with Crippen molar-refractivity contribution in [2.75, 3.05) is 35.2 Å². The SMILES string of the molecule is Cc1c(NC(=O)CNc2ccc(N3CCCCC3)cc2C(N)=O)cccc1[N+](=O)[O-]. The summed E-state index contributed by atoms with van der Waals surface area (Å²) in [5, 5.41) is 16.6. The quantitative estimate of drug-likeness (QED) is 0.474. The number of rotatable bonds is 7. The van der Waals surface area contributed by atoms with Crippen molar-refractivity contribution in [3.8, 4) is 0 Å². The van der Waals surface area contributed by atoms with E-state index in [4.69, 9.17) is 5.73 Å². The van der Waals surface area contributed by atoms with Gasteiger partial charge in [-0.1, -0.05) is 6.07 Å². The van der Waals surface area contributed by atoms with Crippen LogP contribution in [0.3, 0.4) is 0 Å². The van der Waals surface area contributed by atoms with Crippen molar-refractivity contribution >= 4 is 34.6 Å². The third-order valence-corrected chi connectivity index (χ3v) is 5.21. The number of benzene rings is 2. The highest BCUT2D eigenvalue weighted by atomic mass is 16.6. The summed E-state index contributed by atoms with van der Waals surface area (Å²) in [6.45, 7) is 3.34. The number of nitro groups is 1. The van der Waals surface area contributed by atoms with Gasteiger partial charge in [0.1, 0.15) is 0 Å². The minimum absolute atomic E-state index is 0.0647. The number of hydrogen-bond donors (Lipinski definition) is 3. The number of nitrogens with one attached hydrogen (secondary N) is 2. The number of anilines is 3. The fourth-order valence-corrected chi connectivity index (χ4v) is 3.57. The Morgan fingerprint density at radius 1 is 1.13 bits per heavy atom. The number of nitro benzene ring substituents is 1. The highest BCUT2D eigenvalue weighted by Crippen LogP contribution is 2.27. The van der Waals surface area contributed by atoms with Gasteiger partial charge in [0.15, 0.2) is 0 Å². The van der Waals surface area contributed by atoms with E-state index in [1.807, 2.05) is 6.07 Å². The van der Waals surface area contributed by atoms with E-state index in [1.54, 1.807) is 25.1 Å². The molecule has 0 unspecified atom stereocenters. The second-order valence-corrected chi connectivity index (χ2v) is 7.25. The van der Waals surface area contributed by atoms with Crippen LogP contribution in [0, 0.1) is 17.0 Å². The molecule has 1 fully saturated rings. The zero-order chi connectivity index (χ0) is 21.7. The number of hydrogen-bond acceptors (Lipinski definition) is 6. The normalized spacial score (nSPS) is 13.6. The summed E-state index contributed by atoms with van der Waals surface area (Å²) in [6.07, 6.45) is 3.43. The van der Waals surface area contributed by atoms with Crippen LogP contribution in [-0.2, 0) is 4.79 Å². The maximum absolute atomic E-state index is 12.3. The summed E-state index contributed by atoms with van der Waals surface area (Å²) in [5.41, 5.74) is 7.94. The molecule has 158 valence electrons. The van der Waals surface area contributed by atoms with Crippen LogP contribution in [-0.4, -0.2) is 36.4 Å². The van der Waals surface area contributed by atoms with Gasteiger partial charge in [0.25, 0.3) is 11.6 Å². The molecule has 0 spiro atoms. The molecule has 0 aromatic heterocycles. The number of amides is 2. The van der Waals surface area contributed by atoms with Gasteiger partial charge in [-0.05, 0) is 50.5 Å². The van der Waals surface area contributed by atoms with Crippen LogP contribution in [0.15, 0.2) is 36.4 Å². The molecule has 0 aliphatic carbocycles. The Hall–Kier alpha value is -3.62. The smallest absolute Gasteiger partial charge is 0.274 e. The molecular weight excluding hydrogens is 386 g/mol. The summed E-state index contributed by atoms with van der Waals surface area (Å²) in [5.74, 6) is -0.972. The fraction of sp³-hybridized carbons (Fsp3) is 0.333. The topological polar surface area (TPSA) is 131 Å². The van der Waals surface area contributed by atoms with E-state index >= 15 is 0 Å². The molecule has 4 N–H and O–H groups in total. The Labute approximate surface area is 174 Å². The Balaban J connectivity index is 1.69. The van der Waals surface area contributed by atoms with E-state index < -0.39 is 16.7 Å². The Morgan fingerprint density at radius 2 is 1.87 bits per heavy atom. The highest BCUT2D eigenvalue weighted by molar-refractivity contribution is 6.01. The Bertz CT molecular complexity index is 970. The first-order chi connectivity index (χ1) is 14.4. The van der Waals surface area contributed by atoms with Crippen molar-refractivity contribution in [2.45, 2.75) is 26.2 Å². The lowest BCUT2D eigenvalue weighted by Gasteiger charge is -2.29. The zero-order valence-electron chi connectivity index (χ0n) is 16.8. The third-order valence-electron chi connectivity index (χ3n) is 5.21. The van der Waals surface area contributed by atoms with Crippen molar-refractivity contribution in [1.29, 1.82) is 0 Å². The van der Waals surface area contributed by atoms with E-state index in [2.05, 4.69) is 15.5 Å². The van der Waals surface area contributed by atoms with Crippen LogP contribution in [0.5, 0.6) is 0 Å². The van der Waals surface area contributed by atoms with E-state index in [-0.39, 0.29) is 12.2 Å². The van der Waals surface area contributed by atoms with E-state index in [0.717, 1.165) is 31.6 Å². The average Bonchev–Trinajstić information content (AvgIpc) is 2.74. The monoisotopic (exact) mass is 411 g/mol. The second-order valence-electron chi connectivity index (χ2n) is 7.25. The molecule has 0 atom stereocenters. The largest absolute Gasteiger partial charge is 0.375 e. The van der Waals surface area contributed by atoms with Gasteiger partial charge in [0, 0.05) is 30.5 Å². The Kier molecular flexibility index (Phi) is 6.51. The van der Waals surface area contributed by atoms with Gasteiger partial charge >= 0.3 is 0 Å². The number of nitrogens with zero attached hydrogens (tertiary/aromatic N) is 2. The minimum Gasteiger partial charge on any atom is -0.375 e. The predicted octanol–water partition coefficient (Wildman–Crippen LogP) is 3.04. The number of carbonyl (C=O) groups is 2. The maximum Gasteiger partial charge on any atom is 0.274 e. The van der Waals surface area contributed by atoms with Crippen molar-refractivity contribution in [3.63, 3.8) is 0 Å². The van der Waals surface area contributed by atoms with E-state index in [1.165, 1.54) is 18.6 Å². The first-order valence-corrected chi connectivity index (χ1v) is 9.83. The van der Waals surface area contributed by atoms with Crippen molar-refractivity contribution in [1.82, 2.24) is 0 Å². The molecule has 0 saturated carbocycles. The lowest BCUT2D eigenvalue weighted by atomic mass is 10.1. The lowest BCUT2D eigenvalue weighted by molar-refractivity contribution is -0.385. The molecule has 0 radical (unpaired) electrons. The first kappa shape index (κ1) is 21.1. The predicted molar refractivity (Wildman–Crippen MR) is 116 cm³/mol. The minimum atomic E-state index is -0.578. The third kappa shape index (κ3) is 4.86. The van der Waals surface area contributed by atoms with Gasteiger partial charge in [-0.2, -0.15) is 0 Å². The van der Waals surface area contributed by atoms with Crippen molar-refractivity contribution < 1.29 is 14.5 Å². The maximum atomic E-state index is 12.3. The number of nitrogens with two attached hydrogens (primary N) is 1. The number of primary amides is 1. The summed E-state index contributed by atoms with van der Waals surface area (Å²) >= 11 is 0. The van der Waals surface area contributed by atoms with Crippen molar-refractivity contribution in [2.24, 2.45) is 5.73 Å². The molecule has 2 aromatic carbocycles. The van der Waals surface area contributed by atoms with Crippen LogP contribution in [0.25, 0.3) is 0 Å². The molecule has 2 aromatic rings. The van der Waals surface area contributed by atoms with Crippen LogP contribution < -0.4 is 21.3 Å². The van der Waals surface area contributed by atoms with E-state index in [9.17, 15) is 19.7 Å². The molecule has 1 aliphatic rings. The molecule has 30 heavy (non-hydrogen) atoms. The van der Waals surface area contributed by atoms with Gasteiger partial charge in [-0.25, -0.2) is 0 Å².